The van der Waals surface area contributed by atoms with Gasteiger partial charge in [-0.3, -0.25) is 14.4 Å². The van der Waals surface area contributed by atoms with E-state index < -0.39 is 77.9 Å². The van der Waals surface area contributed by atoms with E-state index in [1.165, 1.54) is 12.0 Å². The Morgan fingerprint density at radius 2 is 1.62 bits per heavy atom. The van der Waals surface area contributed by atoms with Crippen LogP contribution in [0.15, 0.2) is 50.8 Å². The average molecular weight is 1040 g/mol. The Labute approximate surface area is 407 Å². The second kappa shape index (κ2) is 26.4. The van der Waals surface area contributed by atoms with Crippen LogP contribution in [0.4, 0.5) is 0 Å². The number of esters is 1. The molecule has 3 fully saturated rings. The van der Waals surface area contributed by atoms with Gasteiger partial charge in [-0.1, -0.05) is 71.1 Å². The fraction of sp³-hybridized carbons (Fsp3) is 0.745. The molecule has 1 aliphatic carbocycles. The first-order valence-electron chi connectivity index (χ1n) is 24.1. The van der Waals surface area contributed by atoms with Gasteiger partial charge < -0.3 is 43.9 Å². The zero-order valence-corrected chi connectivity index (χ0v) is 43.2. The number of Topliss-reactive ketones (excluding diaryl/α,β-unsaturated/α-hetero) is 2. The van der Waals surface area contributed by atoms with Crippen LogP contribution in [0, 0.1) is 35.5 Å². The normalized spacial score (nSPS) is 39.3. The van der Waals surface area contributed by atoms with Crippen LogP contribution in [0.25, 0.3) is 0 Å². The molecule has 0 radical (unpaired) electrons. The molecule has 0 aromatic carbocycles. The average Bonchev–Trinajstić information content (AvgIpc) is 3.29. The standard InChI is InChI=1S/C51H79IN2O12/c1-30-16-12-11-13-17-31(2)42(62-8)28-38-21-19-36(7)51(61,66-38)48(58)49(59)54-23-15-14-18-39(54)50(60)65-43(33(4)26-37-20-22-40(55)44(27-37)63-9)29-41(56)32(3)25-35(6)46(57)47(64-10)45(53-52)34(5)24-30/h11-13,16-17,25,30,32-34,36-40,42-44,46-47,55,57,61H,14-15,18-24,26-29H2,1-10H3/b13-11?,16-12+,31-17?,35-25+,53-45?/t30-,32-,33-,34-,36-,37+,38+,39+,40-,42+,43+,44-,46-,47+,51-/m1/s1. The lowest BCUT2D eigenvalue weighted by Crippen LogP contribution is -2.61. The van der Waals surface area contributed by atoms with Crippen LogP contribution < -0.4 is 0 Å². The number of piperidine rings is 1. The highest BCUT2D eigenvalue weighted by Crippen LogP contribution is 2.38. The smallest absolute Gasteiger partial charge is 0.329 e. The number of rotatable bonds is 6. The van der Waals surface area contributed by atoms with Gasteiger partial charge in [0.2, 0.25) is 5.79 Å². The largest absolute Gasteiger partial charge is 0.460 e. The fourth-order valence-corrected chi connectivity index (χ4v) is 11.0. The summed E-state index contributed by atoms with van der Waals surface area (Å²) in [5, 5.41) is 34.2. The topological polar surface area (TPSA) is 191 Å². The van der Waals surface area contributed by atoms with Crippen molar-refractivity contribution in [2.75, 3.05) is 27.9 Å². The number of halogens is 1. The summed E-state index contributed by atoms with van der Waals surface area (Å²) in [4.78, 5) is 58.3. The Hall–Kier alpha value is -2.64. The van der Waals surface area contributed by atoms with Crippen LogP contribution >= 0.6 is 22.9 Å². The second-order valence-corrected chi connectivity index (χ2v) is 20.2. The molecule has 3 N–H and O–H groups in total. The maximum absolute atomic E-state index is 14.4. The third kappa shape index (κ3) is 14.7. The Morgan fingerprint density at radius 3 is 2.29 bits per heavy atom. The minimum Gasteiger partial charge on any atom is -0.460 e. The van der Waals surface area contributed by atoms with Crippen LogP contribution in [0.1, 0.15) is 126 Å². The third-order valence-corrected chi connectivity index (χ3v) is 15.2. The number of hydrogen-bond acceptors (Lipinski definition) is 13. The minimum absolute atomic E-state index is 0.0468. The van der Waals surface area contributed by atoms with Gasteiger partial charge in [0.1, 0.15) is 30.1 Å². The zero-order valence-electron chi connectivity index (χ0n) is 41.0. The van der Waals surface area contributed by atoms with Crippen molar-refractivity contribution in [1.29, 1.82) is 0 Å². The number of aliphatic hydroxyl groups excluding tert-OH is 2. The van der Waals surface area contributed by atoms with E-state index in [1.807, 2.05) is 61.0 Å². The van der Waals surface area contributed by atoms with Gasteiger partial charge in [-0.05, 0) is 113 Å². The lowest BCUT2D eigenvalue weighted by atomic mass is 9.78. The van der Waals surface area contributed by atoms with Crippen LogP contribution in [-0.4, -0.2) is 132 Å². The number of methoxy groups -OCH3 is 3. The van der Waals surface area contributed by atoms with E-state index in [0.717, 1.165) is 18.4 Å². The fourth-order valence-electron chi connectivity index (χ4n) is 10.3. The number of ketones is 2. The molecule has 372 valence electrons. The lowest BCUT2D eigenvalue weighted by Gasteiger charge is -2.42. The van der Waals surface area contributed by atoms with Gasteiger partial charge in [-0.2, -0.15) is 0 Å². The number of amides is 1. The number of allylic oxidation sites excluding steroid dienone is 6. The Kier molecular flexibility index (Phi) is 22.4. The number of carbonyl (C=O) groups excluding carboxylic acids is 4. The van der Waals surface area contributed by atoms with Crippen LogP contribution in [0.2, 0.25) is 0 Å². The molecular formula is C51H79IN2O12. The lowest BCUT2D eigenvalue weighted by molar-refractivity contribution is -0.265. The molecule has 4 rings (SSSR count). The molecule has 14 nitrogen and oxygen atoms in total. The Morgan fingerprint density at radius 1 is 0.894 bits per heavy atom. The van der Waals surface area contributed by atoms with E-state index in [1.54, 1.807) is 41.1 Å². The predicted molar refractivity (Wildman–Crippen MR) is 262 cm³/mol. The van der Waals surface area contributed by atoms with Gasteiger partial charge in [0.05, 0.1) is 53.0 Å². The van der Waals surface area contributed by atoms with E-state index in [0.29, 0.717) is 62.7 Å². The Balaban J connectivity index is 1.72. The summed E-state index contributed by atoms with van der Waals surface area (Å²) in [7, 11) is 4.71. The highest BCUT2D eigenvalue weighted by molar-refractivity contribution is 14.1. The van der Waals surface area contributed by atoms with Crippen molar-refractivity contribution in [3.8, 4) is 0 Å². The number of cyclic esters (lactones) is 1. The molecule has 15 atom stereocenters. The molecule has 1 saturated carbocycles. The van der Waals surface area contributed by atoms with Crippen LogP contribution in [-0.2, 0) is 42.9 Å². The first kappa shape index (κ1) is 56.0. The summed E-state index contributed by atoms with van der Waals surface area (Å²) >= 11 is 1.95. The van der Waals surface area contributed by atoms with Crippen molar-refractivity contribution in [3.63, 3.8) is 0 Å². The monoisotopic (exact) mass is 1040 g/mol. The van der Waals surface area contributed by atoms with E-state index in [4.69, 9.17) is 23.7 Å². The van der Waals surface area contributed by atoms with E-state index in [9.17, 15) is 34.5 Å². The van der Waals surface area contributed by atoms with Crippen molar-refractivity contribution in [2.45, 2.75) is 180 Å². The second-order valence-electron chi connectivity index (χ2n) is 19.7. The quantitative estimate of drug-likeness (QED) is 0.104. The SMILES string of the molecule is CO[C@H]1C[C@@H]2CC[C@@H](C)[C@@](O)(O2)C(=O)C(=O)N2CCCC[C@H]2C(=O)O[C@H]([C@H](C)C[C@@H]2CC[C@@H](O)[C@H](OC)C2)CC(=O)[C@H](C)/C=C(\C)[C@@H](O)[C@@H](OC)C(=NI)[C@H](C)C[C@H](C)/C=C/C=CC=C1C. The molecule has 0 unspecified atom stereocenters. The minimum atomic E-state index is -2.42. The highest BCUT2D eigenvalue weighted by atomic mass is 127. The highest BCUT2D eigenvalue weighted by Gasteiger charge is 2.53. The van der Waals surface area contributed by atoms with Gasteiger partial charge in [0, 0.05) is 52.6 Å². The molecule has 3 heterocycles. The molecule has 2 saturated heterocycles. The molecule has 15 heteroatoms. The molecule has 2 bridgehead atoms. The summed E-state index contributed by atoms with van der Waals surface area (Å²) in [6, 6.07) is -1.12. The van der Waals surface area contributed by atoms with E-state index in [-0.39, 0.29) is 54.9 Å². The summed E-state index contributed by atoms with van der Waals surface area (Å²) < 4.78 is 34.3. The molecule has 1 amide bonds. The Bertz CT molecular complexity index is 1800. The zero-order chi connectivity index (χ0) is 48.9. The number of hydrogen-bond donors (Lipinski definition) is 3. The van der Waals surface area contributed by atoms with Gasteiger partial charge in [0.15, 0.2) is 0 Å². The summed E-state index contributed by atoms with van der Waals surface area (Å²) in [5.41, 5.74) is 2.14. The maximum Gasteiger partial charge on any atom is 0.329 e. The summed E-state index contributed by atoms with van der Waals surface area (Å²) in [6.45, 7) is 13.3. The number of ether oxygens (including phenoxy) is 5. The van der Waals surface area contributed by atoms with E-state index in [2.05, 4.69) is 23.1 Å². The van der Waals surface area contributed by atoms with Crippen LogP contribution in [0.3, 0.4) is 0 Å². The van der Waals surface area contributed by atoms with Gasteiger partial charge in [-0.25, -0.2) is 8.00 Å². The molecule has 0 spiro atoms. The van der Waals surface area contributed by atoms with Gasteiger partial charge >= 0.3 is 5.97 Å². The van der Waals surface area contributed by atoms with E-state index >= 15 is 0 Å². The molecular weight excluding hydrogens is 959 g/mol. The van der Waals surface area contributed by atoms with Crippen LogP contribution in [0.5, 0.6) is 0 Å². The van der Waals surface area contributed by atoms with Crippen molar-refractivity contribution < 1.29 is 58.2 Å². The number of fused-ring (bicyclic) bond motifs is 3. The third-order valence-electron chi connectivity index (χ3n) is 14.6. The molecule has 66 heavy (non-hydrogen) atoms. The number of nitrogens with zero attached hydrogens (tertiary/aromatic N) is 2. The van der Waals surface area contributed by atoms with Crippen molar-refractivity contribution in [1.82, 2.24) is 4.90 Å². The molecule has 0 aromatic rings. The summed E-state index contributed by atoms with van der Waals surface area (Å²) in [5.74, 6) is -6.92. The molecule has 0 aromatic heterocycles. The first-order chi connectivity index (χ1) is 31.3. The molecule has 3 aliphatic heterocycles. The maximum atomic E-state index is 14.4. The van der Waals surface area contributed by atoms with Gasteiger partial charge in [-0.15, -0.1) is 0 Å². The number of aliphatic hydroxyl groups is 3. The van der Waals surface area contributed by atoms with Crippen molar-refractivity contribution in [3.05, 3.63) is 47.6 Å². The van der Waals surface area contributed by atoms with Crippen molar-refractivity contribution in [2.24, 2.45) is 38.7 Å². The van der Waals surface area contributed by atoms with Gasteiger partial charge in [0.25, 0.3) is 11.7 Å². The number of carbonyl (C=O) groups is 4. The molecule has 4 aliphatic rings. The summed E-state index contributed by atoms with van der Waals surface area (Å²) in [6.07, 6.45) is 12.8. The first-order valence-corrected chi connectivity index (χ1v) is 25.1. The predicted octanol–water partition coefficient (Wildman–Crippen LogP) is 7.40. The van der Waals surface area contributed by atoms with Crippen molar-refractivity contribution >= 4 is 52.0 Å².